The summed E-state index contributed by atoms with van der Waals surface area (Å²) in [6.07, 6.45) is 4.91. The average Bonchev–Trinajstić information content (AvgIpc) is 2.63. The van der Waals surface area contributed by atoms with Crippen LogP contribution in [-0.4, -0.2) is 11.7 Å². The Balaban J connectivity index is 2.09. The monoisotopic (exact) mass is 185 g/mol. The quantitative estimate of drug-likeness (QED) is 0.702. The summed E-state index contributed by atoms with van der Waals surface area (Å²) in [7, 11) is 0. The zero-order valence-corrected chi connectivity index (χ0v) is 8.59. The van der Waals surface area contributed by atoms with Gasteiger partial charge < -0.3 is 5.73 Å². The van der Waals surface area contributed by atoms with Crippen LogP contribution in [0.5, 0.6) is 0 Å². The standard InChI is InChI=1S/C11H20FN/c1-7(13)11(2,12)10-6-8-3-4-9(10)5-8/h7-10H,3-6,13H2,1-2H3. The van der Waals surface area contributed by atoms with Crippen molar-refractivity contribution in [3.8, 4) is 0 Å². The third-order valence-electron chi connectivity index (χ3n) is 4.35. The van der Waals surface area contributed by atoms with Crippen LogP contribution in [0.3, 0.4) is 0 Å². The second-order valence-corrected chi connectivity index (χ2v) is 5.22. The van der Waals surface area contributed by atoms with E-state index >= 15 is 0 Å². The SMILES string of the molecule is CC(N)C(C)(F)C1CC2CCC1C2. The number of hydrogen-bond donors (Lipinski definition) is 1. The molecule has 13 heavy (non-hydrogen) atoms. The maximum Gasteiger partial charge on any atom is 0.126 e. The van der Waals surface area contributed by atoms with Crippen LogP contribution >= 0.6 is 0 Å². The highest BCUT2D eigenvalue weighted by Gasteiger charge is 2.50. The summed E-state index contributed by atoms with van der Waals surface area (Å²) < 4.78 is 14.3. The number of fused-ring (bicyclic) bond motifs is 2. The molecule has 5 unspecified atom stereocenters. The second-order valence-electron chi connectivity index (χ2n) is 5.22. The summed E-state index contributed by atoms with van der Waals surface area (Å²) >= 11 is 0. The van der Waals surface area contributed by atoms with Crippen molar-refractivity contribution in [1.29, 1.82) is 0 Å². The maximum atomic E-state index is 14.3. The maximum absolute atomic E-state index is 14.3. The van der Waals surface area contributed by atoms with Crippen LogP contribution in [0, 0.1) is 17.8 Å². The normalized spacial score (nSPS) is 44.8. The summed E-state index contributed by atoms with van der Waals surface area (Å²) in [4.78, 5) is 0. The van der Waals surface area contributed by atoms with Crippen molar-refractivity contribution in [3.05, 3.63) is 0 Å². The minimum absolute atomic E-state index is 0.242. The molecule has 2 fully saturated rings. The van der Waals surface area contributed by atoms with Crippen LogP contribution < -0.4 is 5.73 Å². The topological polar surface area (TPSA) is 26.0 Å². The fourth-order valence-corrected chi connectivity index (χ4v) is 3.27. The van der Waals surface area contributed by atoms with Gasteiger partial charge >= 0.3 is 0 Å². The molecule has 1 nitrogen and oxygen atoms in total. The van der Waals surface area contributed by atoms with Gasteiger partial charge in [-0.25, -0.2) is 4.39 Å². The van der Waals surface area contributed by atoms with E-state index < -0.39 is 5.67 Å². The van der Waals surface area contributed by atoms with E-state index in [1.807, 2.05) is 0 Å². The lowest BCUT2D eigenvalue weighted by Gasteiger charge is -2.36. The van der Waals surface area contributed by atoms with Gasteiger partial charge in [0.1, 0.15) is 5.67 Å². The van der Waals surface area contributed by atoms with Crippen molar-refractivity contribution < 1.29 is 4.39 Å². The van der Waals surface area contributed by atoms with E-state index in [-0.39, 0.29) is 12.0 Å². The molecule has 0 radical (unpaired) electrons. The number of halogens is 1. The zero-order valence-electron chi connectivity index (χ0n) is 8.59. The highest BCUT2D eigenvalue weighted by Crippen LogP contribution is 2.53. The molecule has 2 heteroatoms. The Hall–Kier alpha value is -0.110. The lowest BCUT2D eigenvalue weighted by atomic mass is 9.75. The van der Waals surface area contributed by atoms with E-state index in [2.05, 4.69) is 0 Å². The van der Waals surface area contributed by atoms with Crippen molar-refractivity contribution in [2.45, 2.75) is 51.2 Å². The van der Waals surface area contributed by atoms with E-state index in [0.29, 0.717) is 5.92 Å². The van der Waals surface area contributed by atoms with E-state index in [4.69, 9.17) is 5.73 Å². The molecule has 0 aromatic heterocycles. The van der Waals surface area contributed by atoms with Gasteiger partial charge in [0.05, 0.1) is 0 Å². The largest absolute Gasteiger partial charge is 0.325 e. The van der Waals surface area contributed by atoms with E-state index in [1.165, 1.54) is 19.3 Å². The van der Waals surface area contributed by atoms with E-state index in [1.54, 1.807) is 13.8 Å². The molecule has 0 spiro atoms. The number of alkyl halides is 1. The Morgan fingerprint density at radius 1 is 1.38 bits per heavy atom. The fraction of sp³-hybridized carbons (Fsp3) is 1.00. The summed E-state index contributed by atoms with van der Waals surface area (Å²) in [5.74, 6) is 1.68. The van der Waals surface area contributed by atoms with Crippen LogP contribution in [0.1, 0.15) is 39.5 Å². The predicted molar refractivity (Wildman–Crippen MR) is 52.1 cm³/mol. The first-order chi connectivity index (χ1) is 6.01. The first-order valence-corrected chi connectivity index (χ1v) is 5.46. The predicted octanol–water partition coefficient (Wildman–Crippen LogP) is 2.50. The molecule has 0 aliphatic heterocycles. The van der Waals surface area contributed by atoms with Gasteiger partial charge in [0.2, 0.25) is 0 Å². The Labute approximate surface area is 79.9 Å². The van der Waals surface area contributed by atoms with E-state index in [0.717, 1.165) is 12.3 Å². The molecule has 0 amide bonds. The highest BCUT2D eigenvalue weighted by molar-refractivity contribution is 5.01. The van der Waals surface area contributed by atoms with Crippen LogP contribution in [0.15, 0.2) is 0 Å². The lowest BCUT2D eigenvalue weighted by molar-refractivity contribution is 0.0430. The van der Waals surface area contributed by atoms with Gasteiger partial charge in [-0.1, -0.05) is 6.42 Å². The molecule has 2 aliphatic rings. The average molecular weight is 185 g/mol. The molecule has 2 aliphatic carbocycles. The zero-order chi connectivity index (χ0) is 9.64. The molecular weight excluding hydrogens is 165 g/mol. The second kappa shape index (κ2) is 2.94. The summed E-state index contributed by atoms with van der Waals surface area (Å²) in [5.41, 5.74) is 4.57. The Morgan fingerprint density at radius 3 is 2.46 bits per heavy atom. The fourth-order valence-electron chi connectivity index (χ4n) is 3.27. The third kappa shape index (κ3) is 1.39. The van der Waals surface area contributed by atoms with Gasteiger partial charge in [0.25, 0.3) is 0 Å². The minimum atomic E-state index is -1.14. The first-order valence-electron chi connectivity index (χ1n) is 5.46. The molecule has 0 saturated heterocycles. The Kier molecular flexibility index (Phi) is 2.14. The lowest BCUT2D eigenvalue weighted by Crippen LogP contribution is -2.47. The minimum Gasteiger partial charge on any atom is -0.325 e. The van der Waals surface area contributed by atoms with Crippen molar-refractivity contribution in [2.75, 3.05) is 0 Å². The van der Waals surface area contributed by atoms with Gasteiger partial charge in [-0.3, -0.25) is 0 Å². The molecule has 2 N–H and O–H groups in total. The molecule has 0 aromatic carbocycles. The van der Waals surface area contributed by atoms with Gasteiger partial charge in [-0.2, -0.15) is 0 Å². The molecule has 2 rings (SSSR count). The first kappa shape index (κ1) is 9.45. The smallest absolute Gasteiger partial charge is 0.126 e. The molecule has 76 valence electrons. The number of rotatable bonds is 2. The summed E-state index contributed by atoms with van der Waals surface area (Å²) in [6.45, 7) is 3.50. The Morgan fingerprint density at radius 2 is 2.08 bits per heavy atom. The van der Waals surface area contributed by atoms with Gasteiger partial charge in [0, 0.05) is 6.04 Å². The van der Waals surface area contributed by atoms with Crippen molar-refractivity contribution in [1.82, 2.24) is 0 Å². The van der Waals surface area contributed by atoms with Crippen LogP contribution in [0.4, 0.5) is 4.39 Å². The Bertz CT molecular complexity index is 200. The summed E-state index contributed by atoms with van der Waals surface area (Å²) in [5, 5.41) is 0. The molecule has 2 saturated carbocycles. The van der Waals surface area contributed by atoms with Gasteiger partial charge in [-0.05, 0) is 50.9 Å². The van der Waals surface area contributed by atoms with E-state index in [9.17, 15) is 4.39 Å². The van der Waals surface area contributed by atoms with Crippen LogP contribution in [-0.2, 0) is 0 Å². The number of nitrogens with two attached hydrogens (primary N) is 1. The molecule has 0 aromatic rings. The third-order valence-corrected chi connectivity index (χ3v) is 4.35. The summed E-state index contributed by atoms with van der Waals surface area (Å²) in [6, 6.07) is -0.322. The van der Waals surface area contributed by atoms with Gasteiger partial charge in [-0.15, -0.1) is 0 Å². The molecule has 2 bridgehead atoms. The molecule has 5 atom stereocenters. The molecular formula is C11H20FN. The van der Waals surface area contributed by atoms with Crippen LogP contribution in [0.2, 0.25) is 0 Å². The molecule has 0 heterocycles. The highest BCUT2D eigenvalue weighted by atomic mass is 19.1. The van der Waals surface area contributed by atoms with Crippen molar-refractivity contribution >= 4 is 0 Å². The van der Waals surface area contributed by atoms with Gasteiger partial charge in [0.15, 0.2) is 0 Å². The van der Waals surface area contributed by atoms with Crippen molar-refractivity contribution in [3.63, 3.8) is 0 Å². The van der Waals surface area contributed by atoms with Crippen LogP contribution in [0.25, 0.3) is 0 Å². The van der Waals surface area contributed by atoms with Crippen molar-refractivity contribution in [2.24, 2.45) is 23.5 Å². The number of hydrogen-bond acceptors (Lipinski definition) is 1.